The molecule has 22 heavy (non-hydrogen) atoms. The summed E-state index contributed by atoms with van der Waals surface area (Å²) < 4.78 is 0. The van der Waals surface area contributed by atoms with Crippen LogP contribution in [0.15, 0.2) is 11.3 Å². The van der Waals surface area contributed by atoms with Gasteiger partial charge >= 0.3 is 6.09 Å². The number of nitrogens with one attached hydrogen (secondary N) is 1. The number of piperidine rings is 1. The number of likely N-dealkylation sites (tertiary alicyclic amines) is 1. The van der Waals surface area contributed by atoms with Gasteiger partial charge in [-0.25, -0.2) is 14.8 Å². The molecule has 1 aliphatic heterocycles. The van der Waals surface area contributed by atoms with E-state index in [1.54, 1.807) is 6.92 Å². The van der Waals surface area contributed by atoms with Crippen molar-refractivity contribution in [2.75, 3.05) is 19.6 Å². The lowest BCUT2D eigenvalue weighted by Crippen LogP contribution is -2.37. The Labute approximate surface area is 126 Å². The molecule has 116 valence electrons. The van der Waals surface area contributed by atoms with Crippen molar-refractivity contribution in [1.82, 2.24) is 19.8 Å². The number of hydrogen-bond donors (Lipinski definition) is 2. The number of amides is 1. The van der Waals surface area contributed by atoms with Gasteiger partial charge in [-0.15, -0.1) is 0 Å². The average Bonchev–Trinajstić information content (AvgIpc) is 2.52. The highest BCUT2D eigenvalue weighted by Crippen LogP contribution is 2.29. The number of carboxylic acid groups (broad SMARTS) is 1. The molecule has 2 N–H and O–H groups in total. The number of nitrogens with zero attached hydrogens (tertiary/aromatic N) is 5. The Kier molecular flexibility index (Phi) is 4.90. The first kappa shape index (κ1) is 15.7. The fourth-order valence-electron chi connectivity index (χ4n) is 2.54. The summed E-state index contributed by atoms with van der Waals surface area (Å²) in [6.45, 7) is 2.37. The average molecular weight is 305 g/mol. The van der Waals surface area contributed by atoms with Crippen molar-refractivity contribution in [3.63, 3.8) is 0 Å². The Hall–Kier alpha value is -2.67. The summed E-state index contributed by atoms with van der Waals surface area (Å²) >= 11 is 0. The van der Waals surface area contributed by atoms with Gasteiger partial charge in [-0.05, 0) is 19.8 Å². The summed E-state index contributed by atoms with van der Waals surface area (Å²) in [4.78, 5) is 35.7. The van der Waals surface area contributed by atoms with Crippen molar-refractivity contribution in [2.24, 2.45) is 5.11 Å². The zero-order chi connectivity index (χ0) is 16.1. The van der Waals surface area contributed by atoms with Crippen molar-refractivity contribution in [1.29, 1.82) is 5.53 Å². The molecule has 0 aromatic carbocycles. The molecule has 1 fully saturated rings. The van der Waals surface area contributed by atoms with Gasteiger partial charge in [0, 0.05) is 25.2 Å². The lowest BCUT2D eigenvalue weighted by molar-refractivity contribution is 0.0995. The molecule has 1 aromatic heterocycles. The third kappa shape index (κ3) is 3.50. The van der Waals surface area contributed by atoms with E-state index in [-0.39, 0.29) is 18.2 Å². The predicted octanol–water partition coefficient (Wildman–Crippen LogP) is 1.38. The second-order valence-corrected chi connectivity index (χ2v) is 5.08. The van der Waals surface area contributed by atoms with Crippen LogP contribution in [-0.4, -0.2) is 51.5 Å². The zero-order valence-electron chi connectivity index (χ0n) is 12.2. The number of rotatable bonds is 4. The first-order valence-electron chi connectivity index (χ1n) is 6.90. The van der Waals surface area contributed by atoms with Gasteiger partial charge in [-0.3, -0.25) is 4.79 Å². The highest BCUT2D eigenvalue weighted by molar-refractivity contribution is 5.98. The van der Waals surface area contributed by atoms with Crippen molar-refractivity contribution >= 4 is 11.9 Å². The Bertz CT molecular complexity index is 633. The Morgan fingerprint density at radius 2 is 2.18 bits per heavy atom. The lowest BCUT2D eigenvalue weighted by atomic mass is 9.90. The van der Waals surface area contributed by atoms with Crippen LogP contribution >= 0.6 is 0 Å². The van der Waals surface area contributed by atoms with E-state index in [1.807, 2.05) is 0 Å². The molecule has 1 aliphatic rings. The summed E-state index contributed by atoms with van der Waals surface area (Å²) in [7, 11) is 0. The highest BCUT2D eigenvalue weighted by Gasteiger charge is 2.28. The van der Waals surface area contributed by atoms with E-state index < -0.39 is 6.09 Å². The molecular weight excluding hydrogens is 288 g/mol. The predicted molar refractivity (Wildman–Crippen MR) is 74.8 cm³/mol. The van der Waals surface area contributed by atoms with Gasteiger partial charge in [-0.1, -0.05) is 0 Å². The summed E-state index contributed by atoms with van der Waals surface area (Å²) in [5.74, 6) is 0.296. The molecule has 2 rings (SSSR count). The minimum atomic E-state index is -0.926. The maximum absolute atomic E-state index is 12.1. The van der Waals surface area contributed by atoms with Gasteiger partial charge in [0.25, 0.3) is 0 Å². The van der Waals surface area contributed by atoms with Gasteiger partial charge in [0.05, 0.1) is 11.3 Å². The van der Waals surface area contributed by atoms with Gasteiger partial charge in [0.2, 0.25) is 4.91 Å². The van der Waals surface area contributed by atoms with Crippen LogP contribution in [0.5, 0.6) is 0 Å². The number of ketones is 1. The molecule has 0 bridgehead atoms. The molecule has 0 radical (unpaired) electrons. The molecule has 1 amide bonds. The van der Waals surface area contributed by atoms with Crippen molar-refractivity contribution < 1.29 is 14.7 Å². The first-order chi connectivity index (χ1) is 10.5. The van der Waals surface area contributed by atoms with Crippen molar-refractivity contribution in [2.45, 2.75) is 25.7 Å². The molecular formula is C13H17N6O3+. The Morgan fingerprint density at radius 3 is 2.77 bits per heavy atom. The molecule has 2 heterocycles. The summed E-state index contributed by atoms with van der Waals surface area (Å²) in [5.41, 5.74) is 7.64. The minimum Gasteiger partial charge on any atom is -0.465 e. The van der Waals surface area contributed by atoms with Crippen LogP contribution in [0.2, 0.25) is 0 Å². The maximum atomic E-state index is 12.1. The smallest absolute Gasteiger partial charge is 0.407 e. The maximum Gasteiger partial charge on any atom is 0.407 e. The summed E-state index contributed by atoms with van der Waals surface area (Å²) in [6, 6.07) is 0. The second kappa shape index (κ2) is 6.86. The van der Waals surface area contributed by atoms with E-state index in [2.05, 4.69) is 20.0 Å². The molecule has 9 heteroatoms. The minimum absolute atomic E-state index is 0.0178. The normalized spacial score (nSPS) is 15.2. The van der Waals surface area contributed by atoms with Crippen LogP contribution in [0.25, 0.3) is 0 Å². The number of carbonyl (C=O) groups is 2. The quantitative estimate of drug-likeness (QED) is 0.492. The van der Waals surface area contributed by atoms with Crippen molar-refractivity contribution in [3.05, 3.63) is 23.3 Å². The van der Waals surface area contributed by atoms with Crippen LogP contribution < -0.4 is 4.91 Å². The molecule has 0 atom stereocenters. The number of hydrogen-bond acceptors (Lipinski definition) is 6. The Morgan fingerprint density at radius 1 is 1.50 bits per heavy atom. The van der Waals surface area contributed by atoms with E-state index in [0.29, 0.717) is 43.0 Å². The third-order valence-electron chi connectivity index (χ3n) is 3.68. The zero-order valence-corrected chi connectivity index (χ0v) is 12.2. The standard InChI is InChI=1S/C13H16N6O3/c1-8-15-6-10(11(20)7-16-18-14)12(17-8)9-2-4-19(5-3-9)13(21)22/h6,9,14H,2-5,7H2,1H3/p+1. The third-order valence-corrected chi connectivity index (χ3v) is 3.68. The van der Waals surface area contributed by atoms with E-state index in [0.717, 1.165) is 0 Å². The van der Waals surface area contributed by atoms with E-state index in [9.17, 15) is 9.59 Å². The topological polar surface area (TPSA) is 134 Å². The number of Topliss-reactive ketones (excluding diaryl/α,β-unsaturated/α-hetero) is 1. The summed E-state index contributed by atoms with van der Waals surface area (Å²) in [5, 5.41) is 12.4. The van der Waals surface area contributed by atoms with Crippen LogP contribution in [0, 0.1) is 12.5 Å². The molecule has 0 unspecified atom stereocenters. The fraction of sp³-hybridized carbons (Fsp3) is 0.538. The number of aromatic nitrogens is 2. The van der Waals surface area contributed by atoms with Crippen LogP contribution in [-0.2, 0) is 0 Å². The molecule has 9 nitrogen and oxygen atoms in total. The van der Waals surface area contributed by atoms with Crippen LogP contribution in [0.4, 0.5) is 4.79 Å². The Balaban J connectivity index is 2.23. The van der Waals surface area contributed by atoms with Crippen LogP contribution in [0.3, 0.4) is 0 Å². The summed E-state index contributed by atoms with van der Waals surface area (Å²) in [6.07, 6.45) is 1.78. The number of carbonyl (C=O) groups excluding carboxylic acids is 1. The van der Waals surface area contributed by atoms with E-state index in [4.69, 9.17) is 10.6 Å². The van der Waals surface area contributed by atoms with Crippen LogP contribution in [0.1, 0.15) is 40.6 Å². The van der Waals surface area contributed by atoms with E-state index in [1.165, 1.54) is 11.1 Å². The largest absolute Gasteiger partial charge is 0.465 e. The molecule has 0 spiro atoms. The fourth-order valence-corrected chi connectivity index (χ4v) is 2.54. The first-order valence-corrected chi connectivity index (χ1v) is 6.90. The highest BCUT2D eigenvalue weighted by atomic mass is 16.4. The lowest BCUT2D eigenvalue weighted by Gasteiger charge is -2.30. The van der Waals surface area contributed by atoms with E-state index >= 15 is 0 Å². The van der Waals surface area contributed by atoms with Gasteiger partial charge in [-0.2, -0.15) is 0 Å². The number of aryl methyl sites for hydroxylation is 1. The SMILES string of the molecule is Cc1ncc(C(=O)CN=[N+]=N)c(C2CCN(C(=O)O)CC2)n1. The molecule has 0 aliphatic carbocycles. The molecule has 1 aromatic rings. The van der Waals surface area contributed by atoms with Gasteiger partial charge in [0.15, 0.2) is 12.3 Å². The van der Waals surface area contributed by atoms with Gasteiger partial charge < -0.3 is 10.0 Å². The molecule has 1 saturated heterocycles. The van der Waals surface area contributed by atoms with Crippen molar-refractivity contribution in [3.8, 4) is 0 Å². The van der Waals surface area contributed by atoms with Gasteiger partial charge in [0.1, 0.15) is 16.5 Å². The molecule has 0 saturated carbocycles. The second-order valence-electron chi connectivity index (χ2n) is 5.08. The monoisotopic (exact) mass is 305 g/mol.